The minimum atomic E-state index is -3.43. The fourth-order valence-corrected chi connectivity index (χ4v) is 4.22. The van der Waals surface area contributed by atoms with E-state index >= 15 is 0 Å². The number of fused-ring (bicyclic) bond motifs is 2. The molecule has 2 aromatic heterocycles. The van der Waals surface area contributed by atoms with Gasteiger partial charge in [-0.05, 0) is 14.1 Å². The molecule has 0 aliphatic carbocycles. The number of nitrogens with zero attached hydrogens (tertiary/aromatic N) is 5. The lowest BCUT2D eigenvalue weighted by Crippen LogP contribution is -2.41. The lowest BCUT2D eigenvalue weighted by atomic mass is 10.1. The van der Waals surface area contributed by atoms with E-state index < -0.39 is 32.3 Å². The second-order valence-electron chi connectivity index (χ2n) is 5.82. The first kappa shape index (κ1) is 15.9. The Morgan fingerprint density at radius 2 is 2.21 bits per heavy atom. The summed E-state index contributed by atoms with van der Waals surface area (Å²) in [6.07, 6.45) is -0.438. The number of rotatable bonds is 2. The zero-order valence-corrected chi connectivity index (χ0v) is 13.9. The lowest BCUT2D eigenvalue weighted by molar-refractivity contribution is -0.0626. The molecule has 5 atom stereocenters. The van der Waals surface area contributed by atoms with Crippen LogP contribution in [0.4, 0.5) is 5.82 Å². The van der Waals surface area contributed by atoms with Gasteiger partial charge in [-0.3, -0.25) is 13.6 Å². The van der Waals surface area contributed by atoms with Gasteiger partial charge in [-0.15, -0.1) is 0 Å². The quantitative estimate of drug-likeness (QED) is 0.693. The van der Waals surface area contributed by atoms with Gasteiger partial charge in [0.15, 0.2) is 17.7 Å². The number of hydrogen-bond donors (Lipinski definition) is 2. The van der Waals surface area contributed by atoms with E-state index in [2.05, 4.69) is 15.0 Å². The van der Waals surface area contributed by atoms with Crippen molar-refractivity contribution in [2.45, 2.75) is 24.5 Å². The topological polar surface area (TPSA) is 138 Å². The van der Waals surface area contributed by atoms with Crippen LogP contribution < -0.4 is 5.73 Å². The molecule has 3 N–H and O–H groups in total. The summed E-state index contributed by atoms with van der Waals surface area (Å²) < 4.78 is 32.1. The van der Waals surface area contributed by atoms with Gasteiger partial charge in [0.2, 0.25) is 0 Å². The van der Waals surface area contributed by atoms with Gasteiger partial charge in [0.25, 0.3) is 0 Å². The second kappa shape index (κ2) is 5.45. The minimum Gasteiger partial charge on any atom is -0.386 e. The molecule has 0 bridgehead atoms. The van der Waals surface area contributed by atoms with Gasteiger partial charge in [0, 0.05) is 0 Å². The highest BCUT2D eigenvalue weighted by Crippen LogP contribution is 2.57. The number of imidazole rings is 1. The maximum absolute atomic E-state index is 12.5. The predicted molar refractivity (Wildman–Crippen MR) is 81.8 cm³/mol. The molecule has 24 heavy (non-hydrogen) atoms. The average Bonchev–Trinajstić information content (AvgIpc) is 3.10. The number of hydrogen-bond acceptors (Lipinski definition) is 9. The highest BCUT2D eigenvalue weighted by atomic mass is 31.2. The fourth-order valence-electron chi connectivity index (χ4n) is 2.83. The largest absolute Gasteiger partial charge is 0.408 e. The van der Waals surface area contributed by atoms with Crippen molar-refractivity contribution >= 4 is 24.7 Å². The number of aliphatic hydroxyl groups excluding tert-OH is 1. The van der Waals surface area contributed by atoms with Crippen LogP contribution in [0.25, 0.3) is 11.2 Å². The molecule has 2 aliphatic heterocycles. The maximum atomic E-state index is 12.5. The Kier molecular flexibility index (Phi) is 3.60. The number of nitrogens with two attached hydrogens (primary N) is 1. The zero-order valence-electron chi connectivity index (χ0n) is 13.0. The number of nitrogen functional groups attached to an aromatic ring is 1. The molecule has 130 valence electrons. The first-order valence-electron chi connectivity index (χ1n) is 7.28. The van der Waals surface area contributed by atoms with Crippen molar-refractivity contribution < 1.29 is 23.5 Å². The van der Waals surface area contributed by atoms with E-state index in [-0.39, 0.29) is 12.4 Å². The van der Waals surface area contributed by atoms with Crippen LogP contribution in [0.3, 0.4) is 0 Å². The van der Waals surface area contributed by atoms with E-state index in [1.807, 2.05) is 0 Å². The number of anilines is 1. The predicted octanol–water partition coefficient (Wildman–Crippen LogP) is -0.248. The third-order valence-corrected chi connectivity index (χ3v) is 6.08. The summed E-state index contributed by atoms with van der Waals surface area (Å²) >= 11 is 0. The highest BCUT2D eigenvalue weighted by molar-refractivity contribution is 7.51. The summed E-state index contributed by atoms with van der Waals surface area (Å²) in [6, 6.07) is 0. The zero-order chi connectivity index (χ0) is 17.1. The molecule has 0 unspecified atom stereocenters. The van der Waals surface area contributed by atoms with Gasteiger partial charge < -0.3 is 15.6 Å². The smallest absolute Gasteiger partial charge is 0.386 e. The van der Waals surface area contributed by atoms with Crippen LogP contribution in [0.15, 0.2) is 12.7 Å². The molecule has 2 saturated heterocycles. The van der Waals surface area contributed by atoms with Gasteiger partial charge in [-0.1, -0.05) is 0 Å². The Morgan fingerprint density at radius 3 is 2.96 bits per heavy atom. The Morgan fingerprint density at radius 1 is 1.42 bits per heavy atom. The van der Waals surface area contributed by atoms with Crippen LogP contribution >= 0.6 is 7.75 Å². The van der Waals surface area contributed by atoms with Crippen molar-refractivity contribution in [2.24, 2.45) is 0 Å². The van der Waals surface area contributed by atoms with Crippen LogP contribution in [0.1, 0.15) is 6.23 Å². The van der Waals surface area contributed by atoms with E-state index in [9.17, 15) is 9.67 Å². The number of ether oxygens (including phenoxy) is 1. The molecule has 0 spiro atoms. The molecule has 0 aromatic carbocycles. The van der Waals surface area contributed by atoms with Gasteiger partial charge in [-0.2, -0.15) is 0 Å². The Bertz CT molecular complexity index is 827. The van der Waals surface area contributed by atoms with Gasteiger partial charge in [0.05, 0.1) is 12.9 Å². The van der Waals surface area contributed by atoms with Crippen molar-refractivity contribution in [1.29, 1.82) is 0 Å². The first-order chi connectivity index (χ1) is 11.4. The van der Waals surface area contributed by atoms with Crippen molar-refractivity contribution in [3.63, 3.8) is 0 Å². The Labute approximate surface area is 136 Å². The third-order valence-electron chi connectivity index (χ3n) is 4.12. The van der Waals surface area contributed by atoms with E-state index in [4.69, 9.17) is 19.5 Å². The molecule has 2 aromatic rings. The SMILES string of the molecule is CN(C)[P@]1(=O)OC[C@H]2O[C@@H](n3cnc4c(N)ncnc43)[C@H](O)[C@@H]2O1. The van der Waals surface area contributed by atoms with E-state index in [1.54, 1.807) is 18.7 Å². The van der Waals surface area contributed by atoms with Gasteiger partial charge in [-0.25, -0.2) is 24.2 Å². The van der Waals surface area contributed by atoms with Gasteiger partial charge in [0.1, 0.15) is 30.2 Å². The lowest BCUT2D eigenvalue weighted by Gasteiger charge is -2.34. The van der Waals surface area contributed by atoms with E-state index in [0.717, 1.165) is 0 Å². The van der Waals surface area contributed by atoms with E-state index in [0.29, 0.717) is 11.2 Å². The first-order valence-corrected chi connectivity index (χ1v) is 8.77. The van der Waals surface area contributed by atoms with Crippen LogP contribution in [0.2, 0.25) is 0 Å². The molecule has 4 rings (SSSR count). The number of aromatic nitrogens is 4. The van der Waals surface area contributed by atoms with Crippen LogP contribution in [0.5, 0.6) is 0 Å². The van der Waals surface area contributed by atoms with Gasteiger partial charge >= 0.3 is 7.75 Å². The van der Waals surface area contributed by atoms with Crippen LogP contribution in [-0.2, 0) is 18.3 Å². The summed E-state index contributed by atoms with van der Waals surface area (Å²) in [7, 11) is -0.255. The number of aliphatic hydroxyl groups is 1. The molecule has 2 aliphatic rings. The normalized spacial score (nSPS) is 36.3. The summed E-state index contributed by atoms with van der Waals surface area (Å²) in [5.74, 6) is 0.236. The third kappa shape index (κ3) is 2.25. The average molecular weight is 356 g/mol. The van der Waals surface area contributed by atoms with Crippen molar-refractivity contribution in [2.75, 3.05) is 26.4 Å². The molecule has 0 amide bonds. The highest BCUT2D eigenvalue weighted by Gasteiger charge is 2.53. The Hall–Kier alpha value is -1.62. The summed E-state index contributed by atoms with van der Waals surface area (Å²) in [4.78, 5) is 12.2. The minimum absolute atomic E-state index is 0.0530. The molecule has 0 saturated carbocycles. The van der Waals surface area contributed by atoms with Crippen molar-refractivity contribution in [3.8, 4) is 0 Å². The molecule has 11 nitrogen and oxygen atoms in total. The van der Waals surface area contributed by atoms with Crippen LogP contribution in [-0.4, -0.2) is 68.3 Å². The summed E-state index contributed by atoms with van der Waals surface area (Å²) in [5.41, 5.74) is 6.62. The maximum Gasteiger partial charge on any atom is 0.408 e. The monoisotopic (exact) mass is 356 g/mol. The van der Waals surface area contributed by atoms with E-state index in [1.165, 1.54) is 17.3 Å². The molecular formula is C12H17N6O5P. The second-order valence-corrected chi connectivity index (χ2v) is 8.03. The van der Waals surface area contributed by atoms with Crippen LogP contribution in [0, 0.1) is 0 Å². The summed E-state index contributed by atoms with van der Waals surface area (Å²) in [6.45, 7) is 0.0530. The molecule has 2 fully saturated rings. The molecule has 0 radical (unpaired) electrons. The van der Waals surface area contributed by atoms with Crippen molar-refractivity contribution in [1.82, 2.24) is 24.2 Å². The molecular weight excluding hydrogens is 339 g/mol. The molecule has 4 heterocycles. The van der Waals surface area contributed by atoms with Crippen molar-refractivity contribution in [3.05, 3.63) is 12.7 Å². The standard InChI is InChI=1S/C12H17N6O5P/c1-17(2)24(20)21-3-6-9(23-24)8(19)12(22-6)18-5-16-7-10(13)14-4-15-11(7)18/h4-6,8-9,12,19H,3H2,1-2H3,(H2,13,14,15)/t6-,8-,9-,12-,24+/m1/s1. The Balaban J connectivity index is 1.67. The molecule has 12 heteroatoms. The fraction of sp³-hybridized carbons (Fsp3) is 0.583. The summed E-state index contributed by atoms with van der Waals surface area (Å²) in [5, 5.41) is 10.6.